The SMILES string of the molecule is COc1cc2ncnc(Nc3ccc(OCc4cnccn4)c(Cl)c3)c2nc1OC1CCNC1. The minimum absolute atomic E-state index is 0.0353. The van der Waals surface area contributed by atoms with Gasteiger partial charge in [-0.1, -0.05) is 11.6 Å². The van der Waals surface area contributed by atoms with Crippen molar-refractivity contribution in [3.63, 3.8) is 0 Å². The van der Waals surface area contributed by atoms with Crippen molar-refractivity contribution in [1.29, 1.82) is 0 Å². The fourth-order valence-electron chi connectivity index (χ4n) is 3.55. The Labute approximate surface area is 200 Å². The first kappa shape index (κ1) is 22.1. The third-order valence-electron chi connectivity index (χ3n) is 5.24. The van der Waals surface area contributed by atoms with Gasteiger partial charge in [-0.2, -0.15) is 0 Å². The van der Waals surface area contributed by atoms with Crippen LogP contribution in [0.4, 0.5) is 11.5 Å². The van der Waals surface area contributed by atoms with Gasteiger partial charge in [0, 0.05) is 30.7 Å². The van der Waals surface area contributed by atoms with Crippen LogP contribution in [0.25, 0.3) is 11.0 Å². The minimum Gasteiger partial charge on any atom is -0.491 e. The van der Waals surface area contributed by atoms with Crippen molar-refractivity contribution in [3.05, 3.63) is 59.9 Å². The van der Waals surface area contributed by atoms with Crippen LogP contribution in [-0.4, -0.2) is 51.2 Å². The molecule has 0 amide bonds. The molecular weight excluding hydrogens is 458 g/mol. The summed E-state index contributed by atoms with van der Waals surface area (Å²) in [5.74, 6) is 1.99. The third-order valence-corrected chi connectivity index (χ3v) is 5.54. The smallest absolute Gasteiger partial charge is 0.258 e. The molecule has 4 aromatic rings. The first-order chi connectivity index (χ1) is 16.7. The van der Waals surface area contributed by atoms with Gasteiger partial charge in [0.25, 0.3) is 5.88 Å². The number of ether oxygens (including phenoxy) is 3. The average Bonchev–Trinajstić information content (AvgIpc) is 3.37. The zero-order valence-corrected chi connectivity index (χ0v) is 19.1. The highest BCUT2D eigenvalue weighted by Gasteiger charge is 2.21. The van der Waals surface area contributed by atoms with Gasteiger partial charge in [0.2, 0.25) is 0 Å². The molecule has 1 unspecified atom stereocenters. The highest BCUT2D eigenvalue weighted by Crippen LogP contribution is 2.34. The molecule has 0 bridgehead atoms. The van der Waals surface area contributed by atoms with Gasteiger partial charge >= 0.3 is 0 Å². The second kappa shape index (κ2) is 10.0. The third kappa shape index (κ3) is 4.92. The summed E-state index contributed by atoms with van der Waals surface area (Å²) < 4.78 is 17.3. The van der Waals surface area contributed by atoms with E-state index in [-0.39, 0.29) is 12.7 Å². The second-order valence-electron chi connectivity index (χ2n) is 7.57. The average molecular weight is 480 g/mol. The molecule has 5 rings (SSSR count). The number of pyridine rings is 1. The molecule has 1 aromatic carbocycles. The summed E-state index contributed by atoms with van der Waals surface area (Å²) in [5, 5.41) is 6.99. The maximum absolute atomic E-state index is 6.45. The van der Waals surface area contributed by atoms with Gasteiger partial charge in [0.1, 0.15) is 30.3 Å². The lowest BCUT2D eigenvalue weighted by Gasteiger charge is -2.16. The summed E-state index contributed by atoms with van der Waals surface area (Å²) in [4.78, 5) is 21.6. The van der Waals surface area contributed by atoms with Gasteiger partial charge < -0.3 is 24.8 Å². The zero-order chi connectivity index (χ0) is 23.3. The number of methoxy groups -OCH3 is 1. The normalized spacial score (nSPS) is 15.3. The van der Waals surface area contributed by atoms with Crippen LogP contribution in [0.5, 0.6) is 17.4 Å². The maximum atomic E-state index is 6.45. The molecule has 1 atom stereocenters. The molecule has 3 aromatic heterocycles. The van der Waals surface area contributed by atoms with E-state index in [4.69, 9.17) is 25.8 Å². The Kier molecular flexibility index (Phi) is 6.50. The van der Waals surface area contributed by atoms with Gasteiger partial charge in [-0.3, -0.25) is 9.97 Å². The summed E-state index contributed by atoms with van der Waals surface area (Å²) in [6.45, 7) is 1.95. The predicted octanol–water partition coefficient (Wildman–Crippen LogP) is 3.54. The fourth-order valence-corrected chi connectivity index (χ4v) is 3.78. The van der Waals surface area contributed by atoms with Crippen LogP contribution in [0.15, 0.2) is 49.2 Å². The predicted molar refractivity (Wildman–Crippen MR) is 127 cm³/mol. The zero-order valence-electron chi connectivity index (χ0n) is 18.4. The number of nitrogens with zero attached hydrogens (tertiary/aromatic N) is 5. The molecule has 10 nitrogen and oxygen atoms in total. The summed E-state index contributed by atoms with van der Waals surface area (Å²) in [6.07, 6.45) is 7.28. The van der Waals surface area contributed by atoms with Crippen molar-refractivity contribution in [2.45, 2.75) is 19.1 Å². The van der Waals surface area contributed by atoms with Gasteiger partial charge in [0.15, 0.2) is 11.6 Å². The number of hydrogen-bond acceptors (Lipinski definition) is 10. The highest BCUT2D eigenvalue weighted by molar-refractivity contribution is 6.32. The van der Waals surface area contributed by atoms with Crippen molar-refractivity contribution < 1.29 is 14.2 Å². The van der Waals surface area contributed by atoms with E-state index < -0.39 is 0 Å². The molecule has 34 heavy (non-hydrogen) atoms. The quantitative estimate of drug-likeness (QED) is 0.388. The van der Waals surface area contributed by atoms with Crippen LogP contribution in [-0.2, 0) is 6.61 Å². The molecule has 11 heteroatoms. The van der Waals surface area contributed by atoms with E-state index in [0.29, 0.717) is 44.9 Å². The fraction of sp³-hybridized carbons (Fsp3) is 0.261. The summed E-state index contributed by atoms with van der Waals surface area (Å²) >= 11 is 6.45. The van der Waals surface area contributed by atoms with Gasteiger partial charge in [-0.25, -0.2) is 15.0 Å². The van der Waals surface area contributed by atoms with Crippen molar-refractivity contribution in [1.82, 2.24) is 30.2 Å². The molecule has 1 aliphatic heterocycles. The molecule has 0 radical (unpaired) electrons. The molecule has 1 saturated heterocycles. The standard InChI is InChI=1S/C23H22ClN7O3/c1-32-20-9-18-21(31-23(20)34-16-4-5-25-11-16)22(29-13-28-18)30-14-2-3-19(17(24)8-14)33-12-15-10-26-6-7-27-15/h2-3,6-10,13,16,25H,4-5,11-12H2,1H3,(H,28,29,30). The van der Waals surface area contributed by atoms with Gasteiger partial charge in [0.05, 0.1) is 29.5 Å². The number of aromatic nitrogens is 5. The van der Waals surface area contributed by atoms with Crippen molar-refractivity contribution in [3.8, 4) is 17.4 Å². The first-order valence-electron chi connectivity index (χ1n) is 10.7. The van der Waals surface area contributed by atoms with Crippen LogP contribution in [0.2, 0.25) is 5.02 Å². The highest BCUT2D eigenvalue weighted by atomic mass is 35.5. The molecule has 0 saturated carbocycles. The number of nitrogens with one attached hydrogen (secondary N) is 2. The van der Waals surface area contributed by atoms with Gasteiger partial charge in [-0.15, -0.1) is 0 Å². The first-order valence-corrected chi connectivity index (χ1v) is 11.1. The molecule has 1 fully saturated rings. The molecule has 2 N–H and O–H groups in total. The van der Waals surface area contributed by atoms with E-state index in [1.54, 1.807) is 43.9 Å². The van der Waals surface area contributed by atoms with E-state index in [1.807, 2.05) is 6.07 Å². The Bertz CT molecular complexity index is 1290. The largest absolute Gasteiger partial charge is 0.491 e. The van der Waals surface area contributed by atoms with E-state index in [2.05, 4.69) is 35.6 Å². The molecule has 4 heterocycles. The molecule has 0 spiro atoms. The van der Waals surface area contributed by atoms with E-state index in [9.17, 15) is 0 Å². The molecule has 1 aliphatic rings. The number of benzene rings is 1. The lowest BCUT2D eigenvalue weighted by Crippen LogP contribution is -2.20. The topological polar surface area (TPSA) is 116 Å². The van der Waals surface area contributed by atoms with Crippen LogP contribution in [0.3, 0.4) is 0 Å². The van der Waals surface area contributed by atoms with Crippen molar-refractivity contribution >= 4 is 34.1 Å². The molecule has 0 aliphatic carbocycles. The summed E-state index contributed by atoms with van der Waals surface area (Å²) in [6, 6.07) is 7.18. The van der Waals surface area contributed by atoms with Crippen LogP contribution in [0, 0.1) is 0 Å². The molecule has 174 valence electrons. The van der Waals surface area contributed by atoms with E-state index in [1.165, 1.54) is 6.33 Å². The van der Waals surface area contributed by atoms with Gasteiger partial charge in [-0.05, 0) is 31.2 Å². The summed E-state index contributed by atoms with van der Waals surface area (Å²) in [5.41, 5.74) is 2.61. The second-order valence-corrected chi connectivity index (χ2v) is 7.98. The van der Waals surface area contributed by atoms with Crippen LogP contribution >= 0.6 is 11.6 Å². The van der Waals surface area contributed by atoms with Crippen LogP contribution in [0.1, 0.15) is 12.1 Å². The van der Waals surface area contributed by atoms with Crippen LogP contribution < -0.4 is 24.8 Å². The number of fused-ring (bicyclic) bond motifs is 1. The summed E-state index contributed by atoms with van der Waals surface area (Å²) in [7, 11) is 1.58. The number of hydrogen-bond donors (Lipinski definition) is 2. The Balaban J connectivity index is 1.37. The lowest BCUT2D eigenvalue weighted by molar-refractivity contribution is 0.204. The maximum Gasteiger partial charge on any atom is 0.258 e. The molecular formula is C23H22ClN7O3. The number of rotatable bonds is 8. The Morgan fingerprint density at radius 1 is 1.15 bits per heavy atom. The lowest BCUT2D eigenvalue weighted by atomic mass is 10.2. The van der Waals surface area contributed by atoms with E-state index >= 15 is 0 Å². The monoisotopic (exact) mass is 479 g/mol. The van der Waals surface area contributed by atoms with E-state index in [0.717, 1.165) is 25.2 Å². The Morgan fingerprint density at radius 3 is 2.85 bits per heavy atom. The number of halogens is 1. The number of anilines is 2. The van der Waals surface area contributed by atoms with Crippen molar-refractivity contribution in [2.75, 3.05) is 25.5 Å². The van der Waals surface area contributed by atoms with Crippen molar-refractivity contribution in [2.24, 2.45) is 0 Å². The Morgan fingerprint density at radius 2 is 2.09 bits per heavy atom. The Hall–Kier alpha value is -3.76. The minimum atomic E-state index is 0.0353.